The van der Waals surface area contributed by atoms with Crippen LogP contribution in [0.15, 0.2) is 41.0 Å². The highest BCUT2D eigenvalue weighted by atomic mass is 16.5. The lowest BCUT2D eigenvalue weighted by Gasteiger charge is -2.16. The van der Waals surface area contributed by atoms with E-state index in [-0.39, 0.29) is 0 Å². The minimum Gasteiger partial charge on any atom is -0.492 e. The Labute approximate surface area is 125 Å². The van der Waals surface area contributed by atoms with Crippen LogP contribution in [0.4, 0.5) is 0 Å². The van der Waals surface area contributed by atoms with Crippen molar-refractivity contribution in [3.05, 3.63) is 53.5 Å². The Hall–Kier alpha value is -2.25. The van der Waals surface area contributed by atoms with Crippen LogP contribution in [0.2, 0.25) is 0 Å². The molecule has 1 aromatic heterocycles. The summed E-state index contributed by atoms with van der Waals surface area (Å²) < 4.78 is 11.0. The summed E-state index contributed by atoms with van der Waals surface area (Å²) in [6.07, 6.45) is 2.16. The first-order valence-corrected chi connectivity index (χ1v) is 6.99. The van der Waals surface area contributed by atoms with E-state index in [1.165, 1.54) is 5.56 Å². The first-order valence-electron chi connectivity index (χ1n) is 6.99. The van der Waals surface area contributed by atoms with Crippen LogP contribution in [0.3, 0.4) is 0 Å². The van der Waals surface area contributed by atoms with Crippen LogP contribution in [0.1, 0.15) is 16.9 Å². The molecule has 0 spiro atoms. The predicted molar refractivity (Wildman–Crippen MR) is 81.0 cm³/mol. The van der Waals surface area contributed by atoms with Gasteiger partial charge in [0.2, 0.25) is 0 Å². The van der Waals surface area contributed by atoms with E-state index in [9.17, 15) is 0 Å². The Morgan fingerprint density at radius 2 is 2.00 bits per heavy atom. The molecule has 2 aromatic rings. The van der Waals surface area contributed by atoms with Crippen LogP contribution in [0.25, 0.3) is 0 Å². The van der Waals surface area contributed by atoms with E-state index in [1.807, 2.05) is 37.3 Å². The lowest BCUT2D eigenvalue weighted by molar-refractivity contribution is 0.232. The van der Waals surface area contributed by atoms with Crippen LogP contribution >= 0.6 is 0 Å². The van der Waals surface area contributed by atoms with Crippen LogP contribution in [0, 0.1) is 18.3 Å². The van der Waals surface area contributed by atoms with Crippen LogP contribution in [-0.2, 0) is 13.0 Å². The number of ether oxygens (including phenoxy) is 1. The molecule has 0 amide bonds. The summed E-state index contributed by atoms with van der Waals surface area (Å²) in [5.41, 5.74) is 2.22. The van der Waals surface area contributed by atoms with E-state index in [1.54, 1.807) is 6.26 Å². The van der Waals surface area contributed by atoms with E-state index in [0.717, 1.165) is 30.2 Å². The van der Waals surface area contributed by atoms with E-state index in [0.29, 0.717) is 13.0 Å². The van der Waals surface area contributed by atoms with Crippen molar-refractivity contribution < 1.29 is 9.15 Å². The number of nitriles is 1. The Bertz CT molecular complexity index is 596. The standard InChI is InChI=1S/C17H20N2O2/c1-14-16(8-11-20-14)13-19(2)10-12-21-17-5-3-15(4-6-17)7-9-18/h3-6,8,11H,7,10,12-13H2,1-2H3. The third-order valence-corrected chi connectivity index (χ3v) is 3.35. The van der Waals surface area contributed by atoms with Gasteiger partial charge in [0.1, 0.15) is 18.1 Å². The van der Waals surface area contributed by atoms with Crippen molar-refractivity contribution >= 4 is 0 Å². The van der Waals surface area contributed by atoms with Crippen molar-refractivity contribution in [2.24, 2.45) is 0 Å². The van der Waals surface area contributed by atoms with E-state index in [2.05, 4.69) is 18.0 Å². The number of aryl methyl sites for hydroxylation is 1. The van der Waals surface area contributed by atoms with E-state index >= 15 is 0 Å². The second-order valence-electron chi connectivity index (χ2n) is 5.07. The van der Waals surface area contributed by atoms with E-state index in [4.69, 9.17) is 14.4 Å². The smallest absolute Gasteiger partial charge is 0.119 e. The van der Waals surface area contributed by atoms with Crippen molar-refractivity contribution in [2.45, 2.75) is 19.9 Å². The summed E-state index contributed by atoms with van der Waals surface area (Å²) in [6, 6.07) is 11.8. The van der Waals surface area contributed by atoms with Gasteiger partial charge < -0.3 is 9.15 Å². The van der Waals surface area contributed by atoms with Gasteiger partial charge in [0, 0.05) is 18.7 Å². The van der Waals surface area contributed by atoms with Crippen molar-refractivity contribution in [3.63, 3.8) is 0 Å². The number of rotatable bonds is 7. The molecule has 4 heteroatoms. The molecule has 0 aliphatic heterocycles. The second kappa shape index (κ2) is 7.51. The molecule has 0 aliphatic carbocycles. The maximum absolute atomic E-state index is 8.62. The number of likely N-dealkylation sites (N-methyl/N-ethyl adjacent to an activating group) is 1. The Balaban J connectivity index is 1.73. The fraction of sp³-hybridized carbons (Fsp3) is 0.353. The highest BCUT2D eigenvalue weighted by molar-refractivity contribution is 5.28. The number of hydrogen-bond donors (Lipinski definition) is 0. The zero-order valence-corrected chi connectivity index (χ0v) is 12.5. The largest absolute Gasteiger partial charge is 0.492 e. The topological polar surface area (TPSA) is 49.4 Å². The van der Waals surface area contributed by atoms with Gasteiger partial charge in [-0.2, -0.15) is 5.26 Å². The van der Waals surface area contributed by atoms with Gasteiger partial charge in [-0.25, -0.2) is 0 Å². The molecule has 0 fully saturated rings. The Morgan fingerprint density at radius 3 is 2.62 bits per heavy atom. The van der Waals surface area contributed by atoms with Crippen LogP contribution < -0.4 is 4.74 Å². The highest BCUT2D eigenvalue weighted by Gasteiger charge is 2.05. The number of furan rings is 1. The van der Waals surface area contributed by atoms with E-state index < -0.39 is 0 Å². The fourth-order valence-electron chi connectivity index (χ4n) is 2.06. The second-order valence-corrected chi connectivity index (χ2v) is 5.07. The third-order valence-electron chi connectivity index (χ3n) is 3.35. The molecule has 21 heavy (non-hydrogen) atoms. The average Bonchev–Trinajstić information content (AvgIpc) is 2.86. The van der Waals surface area contributed by atoms with Crippen molar-refractivity contribution in [1.29, 1.82) is 5.26 Å². The van der Waals surface area contributed by atoms with Crippen LogP contribution in [0.5, 0.6) is 5.75 Å². The molecule has 2 rings (SSSR count). The predicted octanol–water partition coefficient (Wildman–Crippen LogP) is 3.16. The number of benzene rings is 1. The average molecular weight is 284 g/mol. The molecule has 110 valence electrons. The maximum Gasteiger partial charge on any atom is 0.119 e. The normalized spacial score (nSPS) is 10.6. The third kappa shape index (κ3) is 4.66. The SMILES string of the molecule is Cc1occc1CN(C)CCOc1ccc(CC#N)cc1. The minimum atomic E-state index is 0.438. The van der Waals surface area contributed by atoms with Gasteiger partial charge in [-0.1, -0.05) is 12.1 Å². The van der Waals surface area contributed by atoms with Crippen LogP contribution in [-0.4, -0.2) is 25.1 Å². The summed E-state index contributed by atoms with van der Waals surface area (Å²) in [5.74, 6) is 1.81. The van der Waals surface area contributed by atoms with Crippen molar-refractivity contribution in [3.8, 4) is 11.8 Å². The number of hydrogen-bond acceptors (Lipinski definition) is 4. The first-order chi connectivity index (χ1) is 10.2. The van der Waals surface area contributed by atoms with Gasteiger partial charge >= 0.3 is 0 Å². The first kappa shape index (κ1) is 15.1. The molecule has 0 saturated heterocycles. The molecule has 0 saturated carbocycles. The number of nitrogens with zero attached hydrogens (tertiary/aromatic N) is 2. The maximum atomic E-state index is 8.62. The molecular weight excluding hydrogens is 264 g/mol. The summed E-state index contributed by atoms with van der Waals surface area (Å²) in [6.45, 7) is 4.30. The molecular formula is C17H20N2O2. The molecule has 1 heterocycles. The molecule has 0 N–H and O–H groups in total. The molecule has 0 bridgehead atoms. The van der Waals surface area contributed by atoms with Gasteiger partial charge in [-0.15, -0.1) is 0 Å². The lowest BCUT2D eigenvalue weighted by atomic mass is 10.2. The highest BCUT2D eigenvalue weighted by Crippen LogP contribution is 2.13. The fourth-order valence-corrected chi connectivity index (χ4v) is 2.06. The summed E-state index contributed by atoms with van der Waals surface area (Å²) in [4.78, 5) is 2.20. The molecule has 1 aromatic carbocycles. The van der Waals surface area contributed by atoms with Crippen molar-refractivity contribution in [1.82, 2.24) is 4.90 Å². The van der Waals surface area contributed by atoms with Gasteiger partial charge in [-0.3, -0.25) is 4.90 Å². The zero-order chi connectivity index (χ0) is 15.1. The summed E-state index contributed by atoms with van der Waals surface area (Å²) in [7, 11) is 2.06. The molecule has 0 aliphatic rings. The molecule has 0 unspecified atom stereocenters. The van der Waals surface area contributed by atoms with Gasteiger partial charge in [0.05, 0.1) is 18.8 Å². The zero-order valence-electron chi connectivity index (χ0n) is 12.5. The Morgan fingerprint density at radius 1 is 1.24 bits per heavy atom. The summed E-state index contributed by atoms with van der Waals surface area (Å²) >= 11 is 0. The van der Waals surface area contributed by atoms with Gasteiger partial charge in [-0.05, 0) is 37.7 Å². The van der Waals surface area contributed by atoms with Gasteiger partial charge in [0.15, 0.2) is 0 Å². The minimum absolute atomic E-state index is 0.438. The van der Waals surface area contributed by atoms with Crippen molar-refractivity contribution in [2.75, 3.05) is 20.2 Å². The molecule has 0 atom stereocenters. The Kier molecular flexibility index (Phi) is 5.42. The monoisotopic (exact) mass is 284 g/mol. The molecule has 4 nitrogen and oxygen atoms in total. The summed E-state index contributed by atoms with van der Waals surface area (Å²) in [5, 5.41) is 8.62. The lowest BCUT2D eigenvalue weighted by Crippen LogP contribution is -2.23. The van der Waals surface area contributed by atoms with Gasteiger partial charge in [0.25, 0.3) is 0 Å². The molecule has 0 radical (unpaired) electrons. The quantitative estimate of drug-likeness (QED) is 0.783.